The first-order valence-corrected chi connectivity index (χ1v) is 4.92. The zero-order valence-corrected chi connectivity index (χ0v) is 12.1. The highest BCUT2D eigenvalue weighted by Gasteiger charge is 1.99. The van der Waals surface area contributed by atoms with Gasteiger partial charge in [0.2, 0.25) is 0 Å². The van der Waals surface area contributed by atoms with Crippen LogP contribution in [-0.4, -0.2) is 37.1 Å². The van der Waals surface area contributed by atoms with E-state index in [1.807, 2.05) is 13.8 Å². The van der Waals surface area contributed by atoms with E-state index in [4.69, 9.17) is 22.9 Å². The largest absolute Gasteiger partial charge is 0.370 e. The van der Waals surface area contributed by atoms with Crippen molar-refractivity contribution in [3.05, 3.63) is 0 Å². The highest BCUT2D eigenvalue weighted by Crippen LogP contribution is 1.93. The Morgan fingerprint density at radius 1 is 0.778 bits per heavy atom. The van der Waals surface area contributed by atoms with Crippen LogP contribution in [0.5, 0.6) is 0 Å². The molecule has 8 nitrogen and oxygen atoms in total. The molecule has 2 unspecified atom stereocenters. The van der Waals surface area contributed by atoms with Crippen LogP contribution in [0.1, 0.15) is 13.8 Å². The molecule has 0 aromatic heterocycles. The zero-order valence-electron chi connectivity index (χ0n) is 10.5. The molecule has 0 aromatic rings. The van der Waals surface area contributed by atoms with Crippen LogP contribution in [0, 0.1) is 0 Å². The lowest BCUT2D eigenvalue weighted by Gasteiger charge is -2.03. The van der Waals surface area contributed by atoms with Crippen molar-refractivity contribution < 1.29 is 0 Å². The molecule has 0 amide bonds. The standard InChI is InChI=1S/C8H20N8.2ClH/c1-5(15-7(9)10)3-13-14-4-6(2)16-8(11)12;;/h5-6H,3-4H2,1-2H3,(H4,9,10,15)(H4,11,12,16);2*1H. The minimum Gasteiger partial charge on any atom is -0.370 e. The topological polar surface area (TPSA) is 154 Å². The van der Waals surface area contributed by atoms with E-state index in [0.717, 1.165) is 0 Å². The fraction of sp³-hybridized carbons (Fsp3) is 0.750. The number of hydrogen-bond acceptors (Lipinski definition) is 4. The molecule has 0 saturated carbocycles. The van der Waals surface area contributed by atoms with Crippen molar-refractivity contribution in [3.8, 4) is 0 Å². The SMILES string of the molecule is CC(CN=NCC(C)N=C(N)N)N=C(N)N.Cl.Cl. The Bertz CT molecular complexity index is 255. The molecule has 0 aliphatic carbocycles. The number of rotatable bonds is 6. The summed E-state index contributed by atoms with van der Waals surface area (Å²) in [6.07, 6.45) is 0. The Morgan fingerprint density at radius 2 is 1.06 bits per heavy atom. The van der Waals surface area contributed by atoms with Crippen LogP contribution in [0.3, 0.4) is 0 Å². The van der Waals surface area contributed by atoms with E-state index < -0.39 is 0 Å². The summed E-state index contributed by atoms with van der Waals surface area (Å²) in [5.41, 5.74) is 20.8. The maximum atomic E-state index is 5.21. The van der Waals surface area contributed by atoms with Gasteiger partial charge in [0.15, 0.2) is 11.9 Å². The van der Waals surface area contributed by atoms with Crippen LogP contribution in [0.15, 0.2) is 20.2 Å². The van der Waals surface area contributed by atoms with E-state index in [1.54, 1.807) is 0 Å². The molecule has 2 atom stereocenters. The van der Waals surface area contributed by atoms with Crippen molar-refractivity contribution in [1.29, 1.82) is 0 Å². The molecule has 0 spiro atoms. The van der Waals surface area contributed by atoms with Crippen molar-refractivity contribution in [1.82, 2.24) is 0 Å². The van der Waals surface area contributed by atoms with Crippen molar-refractivity contribution >= 4 is 36.7 Å². The Hall–Kier alpha value is -1.28. The van der Waals surface area contributed by atoms with E-state index in [0.29, 0.717) is 13.1 Å². The Kier molecular flexibility index (Phi) is 14.9. The normalized spacial score (nSPS) is 12.8. The van der Waals surface area contributed by atoms with Gasteiger partial charge in [-0.3, -0.25) is 0 Å². The summed E-state index contributed by atoms with van der Waals surface area (Å²) in [6.45, 7) is 4.56. The molecule has 0 fully saturated rings. The minimum atomic E-state index is -0.0767. The van der Waals surface area contributed by atoms with Crippen molar-refractivity contribution in [2.45, 2.75) is 25.9 Å². The molecule has 108 valence electrons. The van der Waals surface area contributed by atoms with Crippen molar-refractivity contribution in [3.63, 3.8) is 0 Å². The van der Waals surface area contributed by atoms with Gasteiger partial charge in [0.05, 0.1) is 25.2 Å². The van der Waals surface area contributed by atoms with Gasteiger partial charge >= 0.3 is 0 Å². The second kappa shape index (κ2) is 12.2. The highest BCUT2D eigenvalue weighted by atomic mass is 35.5. The van der Waals surface area contributed by atoms with E-state index in [9.17, 15) is 0 Å². The van der Waals surface area contributed by atoms with Crippen molar-refractivity contribution in [2.24, 2.45) is 43.1 Å². The van der Waals surface area contributed by atoms with Crippen LogP contribution in [0.2, 0.25) is 0 Å². The van der Waals surface area contributed by atoms with Crippen LogP contribution >= 0.6 is 24.8 Å². The Morgan fingerprint density at radius 3 is 1.28 bits per heavy atom. The molecular weight excluding hydrogens is 279 g/mol. The Balaban J connectivity index is -0.00000112. The maximum absolute atomic E-state index is 5.21. The summed E-state index contributed by atoms with van der Waals surface area (Å²) >= 11 is 0. The number of aliphatic imine (C=N–C) groups is 2. The number of hydrogen-bond donors (Lipinski definition) is 4. The second-order valence-corrected chi connectivity index (χ2v) is 3.45. The Labute approximate surface area is 119 Å². The van der Waals surface area contributed by atoms with Crippen molar-refractivity contribution in [2.75, 3.05) is 13.1 Å². The zero-order chi connectivity index (χ0) is 12.6. The first-order chi connectivity index (χ1) is 7.41. The van der Waals surface area contributed by atoms with E-state index in [-0.39, 0.29) is 48.8 Å². The summed E-state index contributed by atoms with van der Waals surface area (Å²) in [4.78, 5) is 7.79. The molecule has 0 aromatic carbocycles. The molecule has 0 aliphatic heterocycles. The molecule has 10 heteroatoms. The molecule has 0 radical (unpaired) electrons. The number of guanidine groups is 2. The predicted molar refractivity (Wildman–Crippen MR) is 79.6 cm³/mol. The first-order valence-electron chi connectivity index (χ1n) is 4.92. The third kappa shape index (κ3) is 14.7. The van der Waals surface area contributed by atoms with E-state index >= 15 is 0 Å². The summed E-state index contributed by atoms with van der Waals surface area (Å²) < 4.78 is 0. The van der Waals surface area contributed by atoms with Crippen LogP contribution in [0.25, 0.3) is 0 Å². The maximum Gasteiger partial charge on any atom is 0.186 e. The minimum absolute atomic E-state index is 0. The fourth-order valence-electron chi connectivity index (χ4n) is 0.942. The summed E-state index contributed by atoms with van der Waals surface area (Å²) in [5, 5.41) is 7.86. The quantitative estimate of drug-likeness (QED) is 0.299. The van der Waals surface area contributed by atoms with Gasteiger partial charge in [-0.25, -0.2) is 9.98 Å². The summed E-state index contributed by atoms with van der Waals surface area (Å²) in [6, 6.07) is -0.153. The summed E-state index contributed by atoms with van der Waals surface area (Å²) in [5.74, 6) is 0.105. The lowest BCUT2D eigenvalue weighted by molar-refractivity contribution is 0.673. The molecule has 18 heavy (non-hydrogen) atoms. The number of azo groups is 1. The van der Waals surface area contributed by atoms with Gasteiger partial charge in [0.1, 0.15) is 0 Å². The molecular formula is C8H22Cl2N8. The average Bonchev–Trinajstić information content (AvgIpc) is 2.10. The second-order valence-electron chi connectivity index (χ2n) is 3.45. The molecule has 0 aliphatic rings. The molecule has 0 rings (SSSR count). The molecule has 0 saturated heterocycles. The molecule has 0 bridgehead atoms. The van der Waals surface area contributed by atoms with Crippen LogP contribution in [-0.2, 0) is 0 Å². The average molecular weight is 301 g/mol. The monoisotopic (exact) mass is 300 g/mol. The molecule has 0 heterocycles. The first kappa shape index (κ1) is 21.9. The lowest BCUT2D eigenvalue weighted by Crippen LogP contribution is -2.25. The smallest absolute Gasteiger partial charge is 0.186 e. The van der Waals surface area contributed by atoms with Gasteiger partial charge in [-0.2, -0.15) is 10.2 Å². The number of halogens is 2. The van der Waals surface area contributed by atoms with Gasteiger partial charge in [-0.15, -0.1) is 24.8 Å². The van der Waals surface area contributed by atoms with Gasteiger partial charge in [0, 0.05) is 0 Å². The molecule has 8 N–H and O–H groups in total. The van der Waals surface area contributed by atoms with Gasteiger partial charge < -0.3 is 22.9 Å². The van der Waals surface area contributed by atoms with Crippen LogP contribution < -0.4 is 22.9 Å². The van der Waals surface area contributed by atoms with Gasteiger partial charge in [-0.1, -0.05) is 0 Å². The summed E-state index contributed by atoms with van der Waals surface area (Å²) in [7, 11) is 0. The number of nitrogens with two attached hydrogens (primary N) is 4. The van der Waals surface area contributed by atoms with E-state index in [1.165, 1.54) is 0 Å². The van der Waals surface area contributed by atoms with Gasteiger partial charge in [0.25, 0.3) is 0 Å². The third-order valence-electron chi connectivity index (χ3n) is 1.53. The predicted octanol–water partition coefficient (Wildman–Crippen LogP) is -0.394. The van der Waals surface area contributed by atoms with Crippen LogP contribution in [0.4, 0.5) is 0 Å². The highest BCUT2D eigenvalue weighted by molar-refractivity contribution is 5.85. The van der Waals surface area contributed by atoms with E-state index in [2.05, 4.69) is 20.2 Å². The fourth-order valence-corrected chi connectivity index (χ4v) is 0.942. The third-order valence-corrected chi connectivity index (χ3v) is 1.53. The number of nitrogens with zero attached hydrogens (tertiary/aromatic N) is 4. The lowest BCUT2D eigenvalue weighted by atomic mass is 10.3. The van der Waals surface area contributed by atoms with Gasteiger partial charge in [-0.05, 0) is 13.8 Å².